The van der Waals surface area contributed by atoms with Gasteiger partial charge in [0, 0.05) is 6.21 Å². The van der Waals surface area contributed by atoms with Gasteiger partial charge >= 0.3 is 6.18 Å². The Morgan fingerprint density at radius 3 is 2.08 bits per heavy atom. The van der Waals surface area contributed by atoms with Crippen LogP contribution in [0, 0.1) is 5.21 Å². The number of halogens is 3. The molecule has 1 rings (SSSR count). The SMILES string of the molecule is [O-]/N=C\c1ccc(C(F)(F)F)cc1. The van der Waals surface area contributed by atoms with Crippen molar-refractivity contribution in [3.8, 4) is 0 Å². The van der Waals surface area contributed by atoms with E-state index in [1.165, 1.54) is 12.1 Å². The maximum atomic E-state index is 12.0. The van der Waals surface area contributed by atoms with Gasteiger partial charge in [0.05, 0.1) is 5.56 Å². The van der Waals surface area contributed by atoms with E-state index >= 15 is 0 Å². The second kappa shape index (κ2) is 3.47. The molecule has 13 heavy (non-hydrogen) atoms. The molecular weight excluding hydrogens is 183 g/mol. The summed E-state index contributed by atoms with van der Waals surface area (Å²) in [5.41, 5.74) is -0.390. The van der Waals surface area contributed by atoms with Crippen molar-refractivity contribution in [2.24, 2.45) is 5.16 Å². The first-order chi connectivity index (χ1) is 6.04. The highest BCUT2D eigenvalue weighted by Crippen LogP contribution is 2.28. The quantitative estimate of drug-likeness (QED) is 0.492. The molecule has 70 valence electrons. The number of rotatable bonds is 1. The fraction of sp³-hybridized carbons (Fsp3) is 0.125. The third kappa shape index (κ3) is 2.47. The molecule has 0 saturated heterocycles. The summed E-state index contributed by atoms with van der Waals surface area (Å²) in [6.07, 6.45) is -3.40. The van der Waals surface area contributed by atoms with E-state index in [1.807, 2.05) is 0 Å². The average Bonchev–Trinajstić information content (AvgIpc) is 2.04. The third-order valence-electron chi connectivity index (χ3n) is 1.44. The zero-order chi connectivity index (χ0) is 9.90. The molecule has 1 aromatic rings. The van der Waals surface area contributed by atoms with Crippen LogP contribution in [0.5, 0.6) is 0 Å². The maximum Gasteiger partial charge on any atom is 0.416 e. The molecule has 0 unspecified atom stereocenters. The lowest BCUT2D eigenvalue weighted by Gasteiger charge is -2.05. The van der Waals surface area contributed by atoms with Gasteiger partial charge in [-0.15, -0.1) is 0 Å². The summed E-state index contributed by atoms with van der Waals surface area (Å²) in [5.74, 6) is 0. The summed E-state index contributed by atoms with van der Waals surface area (Å²) in [5, 5.41) is 12.2. The molecule has 0 atom stereocenters. The standard InChI is InChI=1S/C8H6F3NO/c9-8(10,11)7-3-1-6(2-4-7)5-12-13/h1-5,13H/p-1/b12-5-. The van der Waals surface area contributed by atoms with E-state index < -0.39 is 11.7 Å². The molecule has 0 aromatic heterocycles. The van der Waals surface area contributed by atoms with Crippen molar-refractivity contribution in [1.29, 1.82) is 0 Å². The molecule has 1 aromatic carbocycles. The topological polar surface area (TPSA) is 35.4 Å². The van der Waals surface area contributed by atoms with Crippen molar-refractivity contribution in [2.75, 3.05) is 0 Å². The van der Waals surface area contributed by atoms with Gasteiger partial charge in [0.1, 0.15) is 0 Å². The van der Waals surface area contributed by atoms with Gasteiger partial charge in [0.25, 0.3) is 0 Å². The first-order valence-corrected chi connectivity index (χ1v) is 3.37. The van der Waals surface area contributed by atoms with E-state index in [0.29, 0.717) is 5.56 Å². The van der Waals surface area contributed by atoms with Crippen molar-refractivity contribution >= 4 is 6.21 Å². The summed E-state index contributed by atoms with van der Waals surface area (Å²) in [7, 11) is 0. The van der Waals surface area contributed by atoms with Crippen molar-refractivity contribution in [3.05, 3.63) is 40.6 Å². The molecule has 0 radical (unpaired) electrons. The molecule has 0 N–H and O–H groups in total. The van der Waals surface area contributed by atoms with Gasteiger partial charge in [-0.05, 0) is 17.7 Å². The molecule has 0 aliphatic heterocycles. The van der Waals surface area contributed by atoms with Crippen molar-refractivity contribution < 1.29 is 13.2 Å². The zero-order valence-corrected chi connectivity index (χ0v) is 6.38. The van der Waals surface area contributed by atoms with Crippen molar-refractivity contribution in [1.82, 2.24) is 0 Å². The molecular formula is C8H5F3NO-. The van der Waals surface area contributed by atoms with Crippen LogP contribution in [0.3, 0.4) is 0 Å². The fourth-order valence-electron chi connectivity index (χ4n) is 0.819. The van der Waals surface area contributed by atoms with Gasteiger partial charge in [-0.3, -0.25) is 0 Å². The van der Waals surface area contributed by atoms with E-state index in [-0.39, 0.29) is 0 Å². The van der Waals surface area contributed by atoms with Gasteiger partial charge < -0.3 is 10.4 Å². The van der Waals surface area contributed by atoms with Gasteiger partial charge in [0.2, 0.25) is 0 Å². The lowest BCUT2D eigenvalue weighted by Crippen LogP contribution is -2.04. The van der Waals surface area contributed by atoms with Crippen LogP contribution in [-0.4, -0.2) is 6.21 Å². The number of nitrogens with zero attached hydrogens (tertiary/aromatic N) is 1. The zero-order valence-electron chi connectivity index (χ0n) is 6.38. The van der Waals surface area contributed by atoms with Crippen LogP contribution >= 0.6 is 0 Å². The van der Waals surface area contributed by atoms with Crippen LogP contribution in [0.4, 0.5) is 13.2 Å². The largest absolute Gasteiger partial charge is 0.792 e. The van der Waals surface area contributed by atoms with Gasteiger partial charge in [-0.25, -0.2) is 0 Å². The smallest absolute Gasteiger partial charge is 0.416 e. The molecule has 0 spiro atoms. The Labute approximate surface area is 72.3 Å². The lowest BCUT2D eigenvalue weighted by molar-refractivity contribution is -0.137. The van der Waals surface area contributed by atoms with Crippen LogP contribution < -0.4 is 0 Å². The first kappa shape index (κ1) is 9.57. The predicted molar refractivity (Wildman–Crippen MR) is 42.4 cm³/mol. The first-order valence-electron chi connectivity index (χ1n) is 3.37. The summed E-state index contributed by atoms with van der Waals surface area (Å²) in [6.45, 7) is 0. The second-order valence-electron chi connectivity index (χ2n) is 2.35. The average molecular weight is 188 g/mol. The number of hydrogen-bond acceptors (Lipinski definition) is 2. The molecule has 5 heteroatoms. The molecule has 0 amide bonds. The Kier molecular flexibility index (Phi) is 2.55. The minimum Gasteiger partial charge on any atom is -0.792 e. The third-order valence-corrected chi connectivity index (χ3v) is 1.44. The molecule has 0 fully saturated rings. The molecule has 0 aliphatic carbocycles. The van der Waals surface area contributed by atoms with Crippen molar-refractivity contribution in [3.63, 3.8) is 0 Å². The van der Waals surface area contributed by atoms with Gasteiger partial charge in [-0.2, -0.15) is 13.2 Å². The van der Waals surface area contributed by atoms with Crippen LogP contribution in [0.15, 0.2) is 29.4 Å². The Morgan fingerprint density at radius 1 is 1.15 bits per heavy atom. The van der Waals surface area contributed by atoms with E-state index in [4.69, 9.17) is 0 Å². The molecule has 0 aliphatic rings. The summed E-state index contributed by atoms with van der Waals surface area (Å²) in [4.78, 5) is 0. The monoisotopic (exact) mass is 188 g/mol. The highest BCUT2D eigenvalue weighted by Gasteiger charge is 2.29. The fourth-order valence-corrected chi connectivity index (χ4v) is 0.819. The van der Waals surface area contributed by atoms with Crippen molar-refractivity contribution in [2.45, 2.75) is 6.18 Å². The minimum absolute atomic E-state index is 0.350. The Bertz CT molecular complexity index is 302. The van der Waals surface area contributed by atoms with Crippen LogP contribution in [0.2, 0.25) is 0 Å². The highest BCUT2D eigenvalue weighted by atomic mass is 19.4. The Hall–Kier alpha value is -1.52. The summed E-state index contributed by atoms with van der Waals surface area (Å²) in [6, 6.07) is 4.17. The minimum atomic E-state index is -4.34. The van der Waals surface area contributed by atoms with Crippen LogP contribution in [0.1, 0.15) is 11.1 Å². The Balaban J connectivity index is 2.94. The molecule has 0 saturated carbocycles. The van der Waals surface area contributed by atoms with Gasteiger partial charge in [-0.1, -0.05) is 12.1 Å². The van der Waals surface area contributed by atoms with E-state index in [1.54, 1.807) is 0 Å². The highest BCUT2D eigenvalue weighted by molar-refractivity contribution is 5.79. The van der Waals surface area contributed by atoms with E-state index in [0.717, 1.165) is 18.3 Å². The number of alkyl halides is 3. The lowest BCUT2D eigenvalue weighted by atomic mass is 10.1. The summed E-state index contributed by atoms with van der Waals surface area (Å²) >= 11 is 0. The number of benzene rings is 1. The second-order valence-corrected chi connectivity index (χ2v) is 2.35. The molecule has 0 heterocycles. The van der Waals surface area contributed by atoms with E-state index in [9.17, 15) is 18.4 Å². The molecule has 0 bridgehead atoms. The Morgan fingerprint density at radius 2 is 1.69 bits per heavy atom. The summed E-state index contributed by atoms with van der Waals surface area (Å²) < 4.78 is 36.0. The van der Waals surface area contributed by atoms with Crippen LogP contribution in [0.25, 0.3) is 0 Å². The van der Waals surface area contributed by atoms with E-state index in [2.05, 4.69) is 5.16 Å². The normalized spacial score (nSPS) is 12.2. The van der Waals surface area contributed by atoms with Crippen LogP contribution in [-0.2, 0) is 6.18 Å². The maximum absolute atomic E-state index is 12.0. The predicted octanol–water partition coefficient (Wildman–Crippen LogP) is 2.62. The number of hydrogen-bond donors (Lipinski definition) is 0. The molecule has 2 nitrogen and oxygen atoms in total. The van der Waals surface area contributed by atoms with Gasteiger partial charge in [0.15, 0.2) is 0 Å².